The van der Waals surface area contributed by atoms with E-state index < -0.39 is 0 Å². The fourth-order valence-electron chi connectivity index (χ4n) is 2.41. The molecule has 108 valence electrons. The van der Waals surface area contributed by atoms with Crippen LogP contribution in [0.15, 0.2) is 24.3 Å². The number of phenolic OH excluding ortho intramolecular Hbond substituents is 1. The number of hydrogen-bond donors (Lipinski definition) is 1. The highest BCUT2D eigenvalue weighted by molar-refractivity contribution is 5.31. The van der Waals surface area contributed by atoms with Crippen molar-refractivity contribution in [1.29, 1.82) is 0 Å². The first kappa shape index (κ1) is 16.0. The van der Waals surface area contributed by atoms with Crippen molar-refractivity contribution in [2.45, 2.75) is 64.9 Å². The number of benzene rings is 1. The average Bonchev–Trinajstić information content (AvgIpc) is 2.41. The molecule has 19 heavy (non-hydrogen) atoms. The predicted octanol–water partition coefficient (Wildman–Crippen LogP) is 4.70. The van der Waals surface area contributed by atoms with Gasteiger partial charge in [-0.25, -0.2) is 0 Å². The summed E-state index contributed by atoms with van der Waals surface area (Å²) in [6.45, 7) is 5.09. The molecule has 0 amide bonds. The summed E-state index contributed by atoms with van der Waals surface area (Å²) in [5, 5.41) is 9.72. The monoisotopic (exact) mass is 264 g/mol. The molecule has 0 bridgehead atoms. The second-order valence-corrected chi connectivity index (χ2v) is 5.09. The zero-order valence-electron chi connectivity index (χ0n) is 12.4. The topological polar surface area (TPSA) is 29.5 Å². The maximum atomic E-state index is 9.72. The normalized spacial score (nSPS) is 12.5. The minimum absolute atomic E-state index is 0.391. The lowest BCUT2D eigenvalue weighted by Gasteiger charge is -2.17. The van der Waals surface area contributed by atoms with Crippen molar-refractivity contribution in [3.05, 3.63) is 29.8 Å². The van der Waals surface area contributed by atoms with E-state index in [4.69, 9.17) is 4.74 Å². The molecule has 0 aliphatic heterocycles. The van der Waals surface area contributed by atoms with E-state index >= 15 is 0 Å². The van der Waals surface area contributed by atoms with Crippen LogP contribution in [0.3, 0.4) is 0 Å². The Labute approximate surface area is 117 Å². The number of aromatic hydroxyl groups is 1. The smallest absolute Gasteiger partial charge is 0.118 e. The van der Waals surface area contributed by atoms with Crippen molar-refractivity contribution in [3.8, 4) is 5.75 Å². The minimum Gasteiger partial charge on any atom is -0.508 e. The summed E-state index contributed by atoms with van der Waals surface area (Å²) >= 11 is 0. The van der Waals surface area contributed by atoms with E-state index in [0.29, 0.717) is 11.9 Å². The Morgan fingerprint density at radius 3 is 2.47 bits per heavy atom. The van der Waals surface area contributed by atoms with Crippen LogP contribution in [-0.4, -0.2) is 17.8 Å². The first-order chi connectivity index (χ1) is 9.27. The number of aryl methyl sites for hydroxylation is 1. The van der Waals surface area contributed by atoms with Crippen molar-refractivity contribution in [1.82, 2.24) is 0 Å². The van der Waals surface area contributed by atoms with Gasteiger partial charge in [0.25, 0.3) is 0 Å². The maximum Gasteiger partial charge on any atom is 0.118 e. The van der Waals surface area contributed by atoms with Crippen LogP contribution < -0.4 is 0 Å². The fraction of sp³-hybridized carbons (Fsp3) is 0.647. The molecule has 0 spiro atoms. The molecule has 2 heteroatoms. The molecule has 0 radical (unpaired) electrons. The third-order valence-electron chi connectivity index (χ3n) is 3.50. The lowest BCUT2D eigenvalue weighted by atomic mass is 10.0. The molecule has 1 atom stereocenters. The van der Waals surface area contributed by atoms with Crippen LogP contribution in [0.2, 0.25) is 0 Å². The van der Waals surface area contributed by atoms with Gasteiger partial charge in [0.15, 0.2) is 0 Å². The SMILES string of the molecule is CCCCCC(CCCc1ccccc1O)OCC. The maximum absolute atomic E-state index is 9.72. The van der Waals surface area contributed by atoms with Gasteiger partial charge in [0, 0.05) is 6.61 Å². The highest BCUT2D eigenvalue weighted by Crippen LogP contribution is 2.20. The van der Waals surface area contributed by atoms with Crippen molar-refractivity contribution in [2.24, 2.45) is 0 Å². The lowest BCUT2D eigenvalue weighted by molar-refractivity contribution is 0.0476. The number of hydrogen-bond acceptors (Lipinski definition) is 2. The summed E-state index contributed by atoms with van der Waals surface area (Å²) in [7, 11) is 0. The standard InChI is InChI=1S/C17H28O2/c1-3-5-6-12-16(19-4-2)13-9-11-15-10-7-8-14-17(15)18/h7-8,10,14,16,18H,3-6,9,11-13H2,1-2H3. The highest BCUT2D eigenvalue weighted by Gasteiger charge is 2.08. The van der Waals surface area contributed by atoms with Gasteiger partial charge in [-0.05, 0) is 44.2 Å². The molecule has 2 nitrogen and oxygen atoms in total. The fourth-order valence-corrected chi connectivity index (χ4v) is 2.41. The van der Waals surface area contributed by atoms with E-state index in [2.05, 4.69) is 13.8 Å². The van der Waals surface area contributed by atoms with Crippen LogP contribution in [0, 0.1) is 0 Å². The molecule has 0 saturated carbocycles. The summed E-state index contributed by atoms with van der Waals surface area (Å²) in [6, 6.07) is 7.61. The summed E-state index contributed by atoms with van der Waals surface area (Å²) in [4.78, 5) is 0. The van der Waals surface area contributed by atoms with Crippen molar-refractivity contribution < 1.29 is 9.84 Å². The second kappa shape index (κ2) is 9.85. The van der Waals surface area contributed by atoms with Crippen molar-refractivity contribution >= 4 is 0 Å². The molecule has 1 aromatic rings. The Bertz CT molecular complexity index is 336. The zero-order chi connectivity index (χ0) is 13.9. The van der Waals surface area contributed by atoms with Gasteiger partial charge in [0.05, 0.1) is 6.10 Å². The molecule has 1 aromatic carbocycles. The average molecular weight is 264 g/mol. The van der Waals surface area contributed by atoms with Gasteiger partial charge < -0.3 is 9.84 Å². The summed E-state index contributed by atoms with van der Waals surface area (Å²) in [5.41, 5.74) is 1.05. The van der Waals surface area contributed by atoms with Gasteiger partial charge in [-0.3, -0.25) is 0 Å². The van der Waals surface area contributed by atoms with Crippen LogP contribution in [0.5, 0.6) is 5.75 Å². The third-order valence-corrected chi connectivity index (χ3v) is 3.50. The van der Waals surface area contributed by atoms with Gasteiger partial charge in [-0.1, -0.05) is 44.4 Å². The molecule has 0 saturated heterocycles. The molecule has 1 N–H and O–H groups in total. The Morgan fingerprint density at radius 1 is 1.05 bits per heavy atom. The first-order valence-corrected chi connectivity index (χ1v) is 7.66. The van der Waals surface area contributed by atoms with Crippen LogP contribution in [-0.2, 0) is 11.2 Å². The first-order valence-electron chi connectivity index (χ1n) is 7.66. The number of ether oxygens (including phenoxy) is 1. The van der Waals surface area contributed by atoms with Gasteiger partial charge in [0.1, 0.15) is 5.75 Å². The third kappa shape index (κ3) is 6.63. The van der Waals surface area contributed by atoms with E-state index in [0.717, 1.165) is 31.4 Å². The zero-order valence-corrected chi connectivity index (χ0v) is 12.4. The van der Waals surface area contributed by atoms with Gasteiger partial charge in [0.2, 0.25) is 0 Å². The van der Waals surface area contributed by atoms with Gasteiger partial charge in [-0.2, -0.15) is 0 Å². The number of phenols is 1. The van der Waals surface area contributed by atoms with Crippen molar-refractivity contribution in [3.63, 3.8) is 0 Å². The van der Waals surface area contributed by atoms with Gasteiger partial charge in [-0.15, -0.1) is 0 Å². The molecule has 0 aromatic heterocycles. The van der Waals surface area contributed by atoms with E-state index in [9.17, 15) is 5.11 Å². The Hall–Kier alpha value is -1.02. The molecular formula is C17H28O2. The largest absolute Gasteiger partial charge is 0.508 e. The quantitative estimate of drug-likeness (QED) is 0.621. The van der Waals surface area contributed by atoms with E-state index in [1.54, 1.807) is 6.07 Å². The van der Waals surface area contributed by atoms with Gasteiger partial charge >= 0.3 is 0 Å². The molecular weight excluding hydrogens is 236 g/mol. The molecule has 1 rings (SSSR count). The summed E-state index contributed by atoms with van der Waals surface area (Å²) in [5.74, 6) is 0.418. The summed E-state index contributed by atoms with van der Waals surface area (Å²) < 4.78 is 5.79. The second-order valence-electron chi connectivity index (χ2n) is 5.09. The Kier molecular flexibility index (Phi) is 8.31. The highest BCUT2D eigenvalue weighted by atomic mass is 16.5. The minimum atomic E-state index is 0.391. The Morgan fingerprint density at radius 2 is 1.79 bits per heavy atom. The molecule has 0 heterocycles. The summed E-state index contributed by atoms with van der Waals surface area (Å²) in [6.07, 6.45) is 8.48. The van der Waals surface area contributed by atoms with Crippen LogP contribution in [0.25, 0.3) is 0 Å². The van der Waals surface area contributed by atoms with Crippen LogP contribution in [0.4, 0.5) is 0 Å². The van der Waals surface area contributed by atoms with Crippen molar-refractivity contribution in [2.75, 3.05) is 6.61 Å². The lowest BCUT2D eigenvalue weighted by Crippen LogP contribution is -2.13. The van der Waals surface area contributed by atoms with E-state index in [-0.39, 0.29) is 0 Å². The molecule has 1 unspecified atom stereocenters. The number of rotatable bonds is 10. The van der Waals surface area contributed by atoms with Crippen LogP contribution >= 0.6 is 0 Å². The molecule has 0 aliphatic carbocycles. The number of unbranched alkanes of at least 4 members (excludes halogenated alkanes) is 2. The van der Waals surface area contributed by atoms with E-state index in [1.165, 1.54) is 25.7 Å². The number of para-hydroxylation sites is 1. The van der Waals surface area contributed by atoms with Crippen LogP contribution in [0.1, 0.15) is 57.9 Å². The molecule has 0 aliphatic rings. The molecule has 0 fully saturated rings. The predicted molar refractivity (Wildman–Crippen MR) is 80.6 cm³/mol. The Balaban J connectivity index is 2.29. The van der Waals surface area contributed by atoms with E-state index in [1.807, 2.05) is 18.2 Å².